The number of piperidine rings is 1. The van der Waals surface area contributed by atoms with Gasteiger partial charge in [-0.2, -0.15) is 0 Å². The summed E-state index contributed by atoms with van der Waals surface area (Å²) in [5, 5.41) is 0. The molecule has 1 saturated heterocycles. The minimum atomic E-state index is 0.0403. The number of hydrogen-bond acceptors (Lipinski definition) is 2. The second-order valence-electron chi connectivity index (χ2n) is 5.77. The van der Waals surface area contributed by atoms with Crippen LogP contribution in [0.2, 0.25) is 0 Å². The minimum Gasteiger partial charge on any atom is -0.341 e. The molecule has 1 amide bonds. The summed E-state index contributed by atoms with van der Waals surface area (Å²) in [5.41, 5.74) is 5.92. The molecule has 0 aromatic heterocycles. The maximum absolute atomic E-state index is 12.2. The van der Waals surface area contributed by atoms with Crippen LogP contribution in [0.25, 0.3) is 0 Å². The van der Waals surface area contributed by atoms with Gasteiger partial charge in [0.2, 0.25) is 5.91 Å². The van der Waals surface area contributed by atoms with Gasteiger partial charge in [-0.1, -0.05) is 27.7 Å². The summed E-state index contributed by atoms with van der Waals surface area (Å²) in [4.78, 5) is 14.1. The number of amides is 1. The normalized spacial score (nSPS) is 25.1. The molecule has 3 heteroatoms. The Balaban J connectivity index is 2.60. The van der Waals surface area contributed by atoms with Gasteiger partial charge in [0.15, 0.2) is 0 Å². The van der Waals surface area contributed by atoms with Gasteiger partial charge in [-0.3, -0.25) is 4.79 Å². The highest BCUT2D eigenvalue weighted by molar-refractivity contribution is 5.79. The maximum atomic E-state index is 12.2. The molecule has 1 heterocycles. The minimum absolute atomic E-state index is 0.0403. The van der Waals surface area contributed by atoms with E-state index in [9.17, 15) is 4.79 Å². The zero-order chi connectivity index (χ0) is 11.6. The maximum Gasteiger partial charge on any atom is 0.225 e. The Hall–Kier alpha value is -0.570. The summed E-state index contributed by atoms with van der Waals surface area (Å²) < 4.78 is 0. The monoisotopic (exact) mass is 212 g/mol. The van der Waals surface area contributed by atoms with Crippen LogP contribution in [-0.2, 0) is 4.79 Å². The number of hydrogen-bond donors (Lipinski definition) is 1. The lowest BCUT2D eigenvalue weighted by atomic mass is 9.81. The van der Waals surface area contributed by atoms with Crippen molar-refractivity contribution in [3.8, 4) is 0 Å². The van der Waals surface area contributed by atoms with Crippen LogP contribution in [0, 0.1) is 11.3 Å². The third-order valence-corrected chi connectivity index (χ3v) is 3.44. The molecule has 0 aromatic rings. The third kappa shape index (κ3) is 3.20. The van der Waals surface area contributed by atoms with Crippen LogP contribution in [0.3, 0.4) is 0 Å². The number of nitrogens with two attached hydrogens (primary N) is 1. The van der Waals surface area contributed by atoms with E-state index in [0.717, 1.165) is 25.9 Å². The number of rotatable bonds is 1. The zero-order valence-electron chi connectivity index (χ0n) is 10.4. The van der Waals surface area contributed by atoms with Crippen molar-refractivity contribution in [1.82, 2.24) is 4.90 Å². The van der Waals surface area contributed by atoms with Gasteiger partial charge in [0.25, 0.3) is 0 Å². The first-order valence-corrected chi connectivity index (χ1v) is 5.86. The van der Waals surface area contributed by atoms with Gasteiger partial charge < -0.3 is 10.6 Å². The number of nitrogens with zero attached hydrogens (tertiary/aromatic N) is 1. The van der Waals surface area contributed by atoms with Gasteiger partial charge in [0, 0.05) is 25.0 Å². The predicted octanol–water partition coefficient (Wildman–Crippen LogP) is 1.62. The lowest BCUT2D eigenvalue weighted by Crippen LogP contribution is -2.49. The fourth-order valence-electron chi connectivity index (χ4n) is 1.85. The van der Waals surface area contributed by atoms with E-state index in [-0.39, 0.29) is 23.3 Å². The van der Waals surface area contributed by atoms with Crippen LogP contribution in [0.5, 0.6) is 0 Å². The molecule has 0 bridgehead atoms. The van der Waals surface area contributed by atoms with Crippen LogP contribution < -0.4 is 5.73 Å². The Morgan fingerprint density at radius 1 is 1.47 bits per heavy atom. The lowest BCUT2D eigenvalue weighted by Gasteiger charge is -2.36. The van der Waals surface area contributed by atoms with Gasteiger partial charge in [0.05, 0.1) is 0 Å². The van der Waals surface area contributed by atoms with E-state index in [1.807, 2.05) is 11.8 Å². The summed E-state index contributed by atoms with van der Waals surface area (Å²) in [7, 11) is 0. The van der Waals surface area contributed by atoms with Crippen LogP contribution in [0.15, 0.2) is 0 Å². The molecule has 1 fully saturated rings. The smallest absolute Gasteiger partial charge is 0.225 e. The highest BCUT2D eigenvalue weighted by Gasteiger charge is 2.31. The zero-order valence-corrected chi connectivity index (χ0v) is 10.4. The van der Waals surface area contributed by atoms with Gasteiger partial charge in [-0.25, -0.2) is 0 Å². The molecule has 0 aliphatic carbocycles. The van der Waals surface area contributed by atoms with Crippen molar-refractivity contribution in [2.75, 3.05) is 13.1 Å². The van der Waals surface area contributed by atoms with Crippen LogP contribution in [-0.4, -0.2) is 29.9 Å². The van der Waals surface area contributed by atoms with Crippen LogP contribution >= 0.6 is 0 Å². The Morgan fingerprint density at radius 3 is 2.53 bits per heavy atom. The third-order valence-electron chi connectivity index (χ3n) is 3.44. The van der Waals surface area contributed by atoms with E-state index < -0.39 is 0 Å². The molecule has 2 atom stereocenters. The molecular formula is C12H24N2O. The summed E-state index contributed by atoms with van der Waals surface area (Å²) in [6, 6.07) is 0.176. The average molecular weight is 212 g/mol. The van der Waals surface area contributed by atoms with Gasteiger partial charge >= 0.3 is 0 Å². The molecule has 0 aromatic carbocycles. The van der Waals surface area contributed by atoms with Crippen molar-refractivity contribution in [3.63, 3.8) is 0 Å². The molecule has 15 heavy (non-hydrogen) atoms. The quantitative estimate of drug-likeness (QED) is 0.718. The van der Waals surface area contributed by atoms with Crippen molar-refractivity contribution < 1.29 is 4.79 Å². The first kappa shape index (κ1) is 12.5. The van der Waals surface area contributed by atoms with Gasteiger partial charge in [-0.15, -0.1) is 0 Å². The molecule has 88 valence electrons. The summed E-state index contributed by atoms with van der Waals surface area (Å²) in [6.07, 6.45) is 2.09. The standard InChI is InChI=1S/C12H24N2O/c1-9(12(2,3)4)11(15)14-7-5-6-10(13)8-14/h9-10H,5-8,13H2,1-4H3. The van der Waals surface area contributed by atoms with E-state index >= 15 is 0 Å². The number of likely N-dealkylation sites (tertiary alicyclic amines) is 1. The van der Waals surface area contributed by atoms with E-state index in [2.05, 4.69) is 20.8 Å². The average Bonchev–Trinajstić information content (AvgIpc) is 2.14. The first-order valence-electron chi connectivity index (χ1n) is 5.86. The Kier molecular flexibility index (Phi) is 3.77. The van der Waals surface area contributed by atoms with Crippen molar-refractivity contribution in [2.45, 2.75) is 46.6 Å². The molecule has 2 unspecified atom stereocenters. The summed E-state index contributed by atoms with van der Waals surface area (Å²) >= 11 is 0. The molecule has 0 saturated carbocycles. The SMILES string of the molecule is CC(C(=O)N1CCCC(N)C1)C(C)(C)C. The predicted molar refractivity (Wildman–Crippen MR) is 62.4 cm³/mol. The molecule has 1 aliphatic heterocycles. The molecule has 1 aliphatic rings. The number of carbonyl (C=O) groups is 1. The molecule has 3 nitrogen and oxygen atoms in total. The van der Waals surface area contributed by atoms with E-state index in [0.29, 0.717) is 0 Å². The lowest BCUT2D eigenvalue weighted by molar-refractivity contribution is -0.139. The molecule has 0 radical (unpaired) electrons. The fraction of sp³-hybridized carbons (Fsp3) is 0.917. The second-order valence-corrected chi connectivity index (χ2v) is 5.77. The van der Waals surface area contributed by atoms with Crippen molar-refractivity contribution in [3.05, 3.63) is 0 Å². The Labute approximate surface area is 93.0 Å². The summed E-state index contributed by atoms with van der Waals surface area (Å²) in [5.74, 6) is 0.334. The van der Waals surface area contributed by atoms with Crippen LogP contribution in [0.1, 0.15) is 40.5 Å². The van der Waals surface area contributed by atoms with Crippen molar-refractivity contribution in [2.24, 2.45) is 17.1 Å². The topological polar surface area (TPSA) is 46.3 Å². The molecule has 2 N–H and O–H groups in total. The van der Waals surface area contributed by atoms with E-state index in [1.54, 1.807) is 0 Å². The highest BCUT2D eigenvalue weighted by atomic mass is 16.2. The van der Waals surface area contributed by atoms with Crippen molar-refractivity contribution >= 4 is 5.91 Å². The first-order chi connectivity index (χ1) is 6.82. The van der Waals surface area contributed by atoms with Gasteiger partial charge in [-0.05, 0) is 18.3 Å². The van der Waals surface area contributed by atoms with E-state index in [4.69, 9.17) is 5.73 Å². The second kappa shape index (κ2) is 4.52. The molecule has 0 spiro atoms. The fourth-order valence-corrected chi connectivity index (χ4v) is 1.85. The van der Waals surface area contributed by atoms with Gasteiger partial charge in [0.1, 0.15) is 0 Å². The summed E-state index contributed by atoms with van der Waals surface area (Å²) in [6.45, 7) is 9.97. The van der Waals surface area contributed by atoms with Crippen molar-refractivity contribution in [1.29, 1.82) is 0 Å². The Bertz CT molecular complexity index is 232. The Morgan fingerprint density at radius 2 is 2.07 bits per heavy atom. The largest absolute Gasteiger partial charge is 0.341 e. The number of carbonyl (C=O) groups excluding carboxylic acids is 1. The molecule has 1 rings (SSSR count). The van der Waals surface area contributed by atoms with E-state index in [1.165, 1.54) is 0 Å². The van der Waals surface area contributed by atoms with Crippen LogP contribution in [0.4, 0.5) is 0 Å². The highest BCUT2D eigenvalue weighted by Crippen LogP contribution is 2.27. The molecular weight excluding hydrogens is 188 g/mol.